The van der Waals surface area contributed by atoms with Crippen LogP contribution in [0.15, 0.2) is 60.7 Å². The van der Waals surface area contributed by atoms with Gasteiger partial charge in [-0.15, -0.1) is 0 Å². The molecule has 0 bridgehead atoms. The van der Waals surface area contributed by atoms with Gasteiger partial charge in [-0.3, -0.25) is 9.59 Å². The van der Waals surface area contributed by atoms with E-state index >= 15 is 0 Å². The van der Waals surface area contributed by atoms with Gasteiger partial charge in [0.2, 0.25) is 5.60 Å². The monoisotopic (exact) mass is 323 g/mol. The first-order valence-electron chi connectivity index (χ1n) is 7.19. The Hall–Kier alpha value is -3.28. The highest BCUT2D eigenvalue weighted by atomic mass is 19.1. The van der Waals surface area contributed by atoms with Crippen molar-refractivity contribution in [3.05, 3.63) is 77.6 Å². The molecule has 5 nitrogen and oxygen atoms in total. The number of nitrogens with zero attached hydrogens (tertiary/aromatic N) is 1. The Morgan fingerprint density at radius 3 is 2.33 bits per heavy atom. The molecule has 2 aliphatic heterocycles. The van der Waals surface area contributed by atoms with E-state index < -0.39 is 29.2 Å². The van der Waals surface area contributed by atoms with Crippen LogP contribution in [0.4, 0.5) is 10.1 Å². The molecule has 24 heavy (non-hydrogen) atoms. The van der Waals surface area contributed by atoms with E-state index in [0.29, 0.717) is 5.56 Å². The SMILES string of the molecule is O=C1C=CC2(O1)C(=O)N(c1ccc(F)cc1)C(=O)c1ccccc12. The first-order valence-corrected chi connectivity index (χ1v) is 7.19. The lowest BCUT2D eigenvalue weighted by Gasteiger charge is -2.37. The van der Waals surface area contributed by atoms with Crippen LogP contribution in [-0.4, -0.2) is 17.8 Å². The van der Waals surface area contributed by atoms with Gasteiger partial charge in [-0.2, -0.15) is 0 Å². The molecule has 0 aliphatic carbocycles. The van der Waals surface area contributed by atoms with Gasteiger partial charge in [0, 0.05) is 17.2 Å². The predicted octanol–water partition coefficient (Wildman–Crippen LogP) is 2.32. The van der Waals surface area contributed by atoms with E-state index in [1.165, 1.54) is 18.2 Å². The van der Waals surface area contributed by atoms with E-state index in [9.17, 15) is 18.8 Å². The van der Waals surface area contributed by atoms with Gasteiger partial charge in [0.15, 0.2) is 0 Å². The van der Waals surface area contributed by atoms with Gasteiger partial charge in [0.25, 0.3) is 11.8 Å². The normalized spacial score (nSPS) is 22.0. The molecular formula is C18H10FNO4. The number of fused-ring (bicyclic) bond motifs is 2. The van der Waals surface area contributed by atoms with Crippen molar-refractivity contribution in [2.75, 3.05) is 4.90 Å². The maximum atomic E-state index is 13.2. The highest BCUT2D eigenvalue weighted by Gasteiger charge is 2.54. The molecule has 0 fully saturated rings. The lowest BCUT2D eigenvalue weighted by atomic mass is 9.84. The zero-order chi connectivity index (χ0) is 16.9. The molecule has 2 heterocycles. The number of imide groups is 1. The van der Waals surface area contributed by atoms with Crippen LogP contribution in [0.25, 0.3) is 0 Å². The number of rotatable bonds is 1. The summed E-state index contributed by atoms with van der Waals surface area (Å²) in [4.78, 5) is 38.4. The summed E-state index contributed by atoms with van der Waals surface area (Å²) in [5.74, 6) is -2.41. The highest BCUT2D eigenvalue weighted by molar-refractivity contribution is 6.28. The Morgan fingerprint density at radius 1 is 0.958 bits per heavy atom. The zero-order valence-electron chi connectivity index (χ0n) is 12.2. The number of halogens is 1. The third kappa shape index (κ3) is 1.83. The number of carbonyl (C=O) groups is 3. The van der Waals surface area contributed by atoms with Crippen molar-refractivity contribution in [2.24, 2.45) is 0 Å². The molecule has 0 N–H and O–H groups in total. The van der Waals surface area contributed by atoms with Crippen molar-refractivity contribution in [2.45, 2.75) is 5.60 Å². The smallest absolute Gasteiger partial charge is 0.332 e. The second kappa shape index (κ2) is 4.86. The molecule has 0 aromatic heterocycles. The molecule has 2 amide bonds. The van der Waals surface area contributed by atoms with Crippen LogP contribution >= 0.6 is 0 Å². The number of benzene rings is 2. The fourth-order valence-electron chi connectivity index (χ4n) is 2.98. The minimum atomic E-state index is -1.67. The summed E-state index contributed by atoms with van der Waals surface area (Å²) in [5, 5.41) is 0. The molecule has 1 atom stereocenters. The van der Waals surface area contributed by atoms with Crippen molar-refractivity contribution in [3.63, 3.8) is 0 Å². The molecule has 118 valence electrons. The quantitative estimate of drug-likeness (QED) is 0.597. The van der Waals surface area contributed by atoms with Crippen LogP contribution < -0.4 is 4.90 Å². The fourth-order valence-corrected chi connectivity index (χ4v) is 2.98. The summed E-state index contributed by atoms with van der Waals surface area (Å²) >= 11 is 0. The van der Waals surface area contributed by atoms with Gasteiger partial charge in [0.1, 0.15) is 5.82 Å². The minimum absolute atomic E-state index is 0.205. The lowest BCUT2D eigenvalue weighted by Crippen LogP contribution is -2.54. The van der Waals surface area contributed by atoms with Crippen LogP contribution in [0, 0.1) is 5.82 Å². The molecule has 0 saturated heterocycles. The second-order valence-corrected chi connectivity index (χ2v) is 5.46. The summed E-state index contributed by atoms with van der Waals surface area (Å²) in [7, 11) is 0. The molecule has 2 aromatic carbocycles. The van der Waals surface area contributed by atoms with Gasteiger partial charge >= 0.3 is 5.97 Å². The standard InChI is InChI=1S/C18H10FNO4/c19-11-5-7-12(8-6-11)20-16(22)13-3-1-2-4-14(13)18(17(20)23)10-9-15(21)24-18/h1-10H. The number of ether oxygens (including phenoxy) is 1. The van der Waals surface area contributed by atoms with Crippen molar-refractivity contribution >= 4 is 23.5 Å². The first kappa shape index (κ1) is 14.3. The van der Waals surface area contributed by atoms with Crippen LogP contribution in [0.1, 0.15) is 15.9 Å². The summed E-state index contributed by atoms with van der Waals surface area (Å²) < 4.78 is 18.4. The third-order valence-corrected chi connectivity index (χ3v) is 4.08. The van der Waals surface area contributed by atoms with E-state index in [-0.39, 0.29) is 11.3 Å². The number of amides is 2. The van der Waals surface area contributed by atoms with Crippen molar-refractivity contribution in [1.29, 1.82) is 0 Å². The molecule has 0 radical (unpaired) electrons. The molecule has 6 heteroatoms. The Kier molecular flexibility index (Phi) is 2.90. The molecule has 2 aromatic rings. The van der Waals surface area contributed by atoms with Gasteiger partial charge in [-0.05, 0) is 36.4 Å². The Morgan fingerprint density at radius 2 is 1.67 bits per heavy atom. The zero-order valence-corrected chi connectivity index (χ0v) is 12.2. The minimum Gasteiger partial charge on any atom is -0.436 e. The van der Waals surface area contributed by atoms with E-state index in [1.54, 1.807) is 24.3 Å². The maximum Gasteiger partial charge on any atom is 0.332 e. The van der Waals surface area contributed by atoms with Gasteiger partial charge in [-0.25, -0.2) is 14.1 Å². The first-order chi connectivity index (χ1) is 11.5. The van der Waals surface area contributed by atoms with E-state index in [4.69, 9.17) is 4.74 Å². The summed E-state index contributed by atoms with van der Waals surface area (Å²) in [6, 6.07) is 11.4. The Bertz CT molecular complexity index is 919. The average molecular weight is 323 g/mol. The predicted molar refractivity (Wildman–Crippen MR) is 81.6 cm³/mol. The molecular weight excluding hydrogens is 313 g/mol. The van der Waals surface area contributed by atoms with Gasteiger partial charge < -0.3 is 4.74 Å². The summed E-state index contributed by atoms with van der Waals surface area (Å²) in [6.07, 6.45) is 2.51. The van der Waals surface area contributed by atoms with E-state index in [2.05, 4.69) is 0 Å². The molecule has 0 saturated carbocycles. The van der Waals surface area contributed by atoms with Gasteiger partial charge in [-0.1, -0.05) is 18.2 Å². The largest absolute Gasteiger partial charge is 0.436 e. The summed E-state index contributed by atoms with van der Waals surface area (Å²) in [6.45, 7) is 0. The van der Waals surface area contributed by atoms with Crippen molar-refractivity contribution < 1.29 is 23.5 Å². The third-order valence-electron chi connectivity index (χ3n) is 4.08. The molecule has 1 unspecified atom stereocenters. The maximum absolute atomic E-state index is 13.2. The number of carbonyl (C=O) groups excluding carboxylic acids is 3. The van der Waals surface area contributed by atoms with Crippen LogP contribution in [0.2, 0.25) is 0 Å². The number of esters is 1. The van der Waals surface area contributed by atoms with Crippen LogP contribution in [0.3, 0.4) is 0 Å². The highest BCUT2D eigenvalue weighted by Crippen LogP contribution is 2.41. The van der Waals surface area contributed by atoms with E-state index in [0.717, 1.165) is 23.1 Å². The number of anilines is 1. The molecule has 4 rings (SSSR count). The van der Waals surface area contributed by atoms with Crippen molar-refractivity contribution in [1.82, 2.24) is 0 Å². The molecule has 1 spiro atoms. The lowest BCUT2D eigenvalue weighted by molar-refractivity contribution is -0.155. The van der Waals surface area contributed by atoms with Crippen LogP contribution in [-0.2, 0) is 19.9 Å². The average Bonchev–Trinajstić information content (AvgIpc) is 2.98. The molecule has 2 aliphatic rings. The van der Waals surface area contributed by atoms with Crippen molar-refractivity contribution in [3.8, 4) is 0 Å². The second-order valence-electron chi connectivity index (χ2n) is 5.46. The fraction of sp³-hybridized carbons (Fsp3) is 0.0556. The van der Waals surface area contributed by atoms with Gasteiger partial charge in [0.05, 0.1) is 5.69 Å². The number of hydrogen-bond donors (Lipinski definition) is 0. The Balaban J connectivity index is 1.94. The van der Waals surface area contributed by atoms with Crippen LogP contribution in [0.5, 0.6) is 0 Å². The topological polar surface area (TPSA) is 63.7 Å². The summed E-state index contributed by atoms with van der Waals surface area (Å²) in [5.41, 5.74) is -0.895. The van der Waals surface area contributed by atoms with E-state index in [1.807, 2.05) is 0 Å². The Labute approximate surface area is 136 Å². The number of hydrogen-bond acceptors (Lipinski definition) is 4.